The molecule has 0 aliphatic rings. The number of para-hydroxylation sites is 2. The van der Waals surface area contributed by atoms with Crippen LogP contribution >= 0.6 is 11.8 Å². The highest BCUT2D eigenvalue weighted by Gasteiger charge is 2.15. The fourth-order valence-corrected chi connectivity index (χ4v) is 6.69. The maximum Gasteiger partial charge on any atom is 0.131 e. The van der Waals surface area contributed by atoms with Gasteiger partial charge in [0, 0.05) is 32.1 Å². The third kappa shape index (κ3) is 8.90. The van der Waals surface area contributed by atoms with E-state index in [9.17, 15) is 10.2 Å². The smallest absolute Gasteiger partial charge is 0.131 e. The van der Waals surface area contributed by atoms with Crippen LogP contribution in [0, 0.1) is 6.92 Å². The number of phenolic OH excluding ortho intramolecular Hbond substituents is 2. The van der Waals surface area contributed by atoms with E-state index in [4.69, 9.17) is 0 Å². The maximum absolute atomic E-state index is 11.1. The number of benzene rings is 6. The van der Waals surface area contributed by atoms with Gasteiger partial charge >= 0.3 is 0 Å². The highest BCUT2D eigenvalue weighted by Crippen LogP contribution is 2.43. The lowest BCUT2D eigenvalue weighted by atomic mass is 9.95. The third-order valence-corrected chi connectivity index (χ3v) is 9.17. The minimum absolute atomic E-state index is 0.317. The van der Waals surface area contributed by atoms with E-state index in [1.165, 1.54) is 4.91 Å². The van der Waals surface area contributed by atoms with Crippen molar-refractivity contribution in [3.63, 3.8) is 0 Å². The quantitative estimate of drug-likeness (QED) is 0.120. The minimum atomic E-state index is 0.317. The molecule has 6 rings (SSSR count). The summed E-state index contributed by atoms with van der Waals surface area (Å²) < 4.78 is 0. The van der Waals surface area contributed by atoms with Crippen LogP contribution in [0.5, 0.6) is 11.5 Å². The SMILES string of the molecule is C/C=C\C=C/C(=CCC)Sc1ccccc1-c1cccc(-c2ccccc2)c1O.Cc1ccccc1-c1cccc(-c2ccccc2)c1O. The molecule has 49 heavy (non-hydrogen) atoms. The van der Waals surface area contributed by atoms with E-state index in [0.717, 1.165) is 61.4 Å². The molecule has 0 atom stereocenters. The molecular formula is C46H42O2S. The highest BCUT2D eigenvalue weighted by atomic mass is 32.2. The molecule has 2 nitrogen and oxygen atoms in total. The maximum atomic E-state index is 11.1. The number of hydrogen-bond donors (Lipinski definition) is 2. The summed E-state index contributed by atoms with van der Waals surface area (Å²) in [6, 6.07) is 48.2. The molecule has 0 spiro atoms. The zero-order valence-electron chi connectivity index (χ0n) is 28.3. The summed E-state index contributed by atoms with van der Waals surface area (Å²) in [5.41, 5.74) is 8.75. The topological polar surface area (TPSA) is 40.5 Å². The average Bonchev–Trinajstić information content (AvgIpc) is 3.14. The summed E-state index contributed by atoms with van der Waals surface area (Å²) in [4.78, 5) is 2.31. The second kappa shape index (κ2) is 17.6. The van der Waals surface area contributed by atoms with Crippen LogP contribution in [0.2, 0.25) is 0 Å². The normalized spacial score (nSPS) is 11.4. The molecule has 6 aromatic carbocycles. The standard InChI is InChI=1S/C27H26OS.C19H16O/c1-3-5-7-16-22(13-4-2)29-26-20-11-10-17-24(26)25-19-12-18-23(27(25)28)21-14-8-6-9-15-21;1-14-8-5-6-11-16(14)18-13-7-12-17(19(18)20)15-9-3-2-4-10-15/h3,5-20,28H,4H2,1-2H3;2-13,20H,1H3/b5-3-,16-7-,22-13?;. The number of phenols is 2. The Hall–Kier alpha value is -5.51. The Morgan fingerprint density at radius 2 is 1.00 bits per heavy atom. The Bertz CT molecular complexity index is 2060. The van der Waals surface area contributed by atoms with Gasteiger partial charge in [0.05, 0.1) is 0 Å². The molecule has 0 saturated carbocycles. The zero-order chi connectivity index (χ0) is 34.4. The van der Waals surface area contributed by atoms with E-state index in [1.807, 2.05) is 146 Å². The van der Waals surface area contributed by atoms with Crippen molar-refractivity contribution < 1.29 is 10.2 Å². The van der Waals surface area contributed by atoms with Gasteiger partial charge in [-0.25, -0.2) is 0 Å². The fraction of sp³-hybridized carbons (Fsp3) is 0.0870. The summed E-state index contributed by atoms with van der Waals surface area (Å²) in [7, 11) is 0. The number of allylic oxidation sites excluding steroid dienone is 5. The van der Waals surface area contributed by atoms with E-state index in [2.05, 4.69) is 50.3 Å². The first-order valence-corrected chi connectivity index (χ1v) is 17.4. The first-order valence-electron chi connectivity index (χ1n) is 16.6. The zero-order valence-corrected chi connectivity index (χ0v) is 29.1. The van der Waals surface area contributed by atoms with Crippen molar-refractivity contribution in [3.8, 4) is 56.0 Å². The molecule has 0 fully saturated rings. The lowest BCUT2D eigenvalue weighted by molar-refractivity contribution is 0.478. The number of hydrogen-bond acceptors (Lipinski definition) is 3. The molecule has 0 amide bonds. The van der Waals surface area contributed by atoms with Gasteiger partial charge in [-0.15, -0.1) is 0 Å². The van der Waals surface area contributed by atoms with Crippen LogP contribution in [-0.4, -0.2) is 10.2 Å². The first-order chi connectivity index (χ1) is 24.0. The second-order valence-electron chi connectivity index (χ2n) is 11.4. The molecule has 0 bridgehead atoms. The van der Waals surface area contributed by atoms with E-state index in [0.29, 0.717) is 11.5 Å². The van der Waals surface area contributed by atoms with Gasteiger partial charge in [-0.05, 0) is 60.2 Å². The Balaban J connectivity index is 0.000000204. The van der Waals surface area contributed by atoms with Crippen molar-refractivity contribution in [2.75, 3.05) is 0 Å². The Labute approximate surface area is 295 Å². The number of aryl methyl sites for hydroxylation is 1. The van der Waals surface area contributed by atoms with Crippen molar-refractivity contribution in [3.05, 3.63) is 186 Å². The lowest BCUT2D eigenvalue weighted by Crippen LogP contribution is -1.87. The third-order valence-electron chi connectivity index (χ3n) is 8.05. The summed E-state index contributed by atoms with van der Waals surface area (Å²) in [5.74, 6) is 0.658. The predicted octanol–water partition coefficient (Wildman–Crippen LogP) is 13.3. The van der Waals surface area contributed by atoms with Gasteiger partial charge in [0.15, 0.2) is 0 Å². The molecule has 6 aromatic rings. The van der Waals surface area contributed by atoms with Gasteiger partial charge in [-0.3, -0.25) is 0 Å². The van der Waals surface area contributed by atoms with Crippen molar-refractivity contribution in [2.24, 2.45) is 0 Å². The van der Waals surface area contributed by atoms with Crippen LogP contribution < -0.4 is 0 Å². The molecule has 0 radical (unpaired) electrons. The number of thioether (sulfide) groups is 1. The van der Waals surface area contributed by atoms with Crippen LogP contribution in [0.3, 0.4) is 0 Å². The molecule has 0 aromatic heterocycles. The monoisotopic (exact) mass is 658 g/mol. The van der Waals surface area contributed by atoms with Crippen LogP contribution in [0.4, 0.5) is 0 Å². The van der Waals surface area contributed by atoms with Gasteiger partial charge in [0.2, 0.25) is 0 Å². The lowest BCUT2D eigenvalue weighted by Gasteiger charge is -2.14. The molecular weight excluding hydrogens is 617 g/mol. The van der Waals surface area contributed by atoms with Gasteiger partial charge in [0.25, 0.3) is 0 Å². The Morgan fingerprint density at radius 1 is 0.531 bits per heavy atom. The summed E-state index contributed by atoms with van der Waals surface area (Å²) in [6.07, 6.45) is 11.4. The second-order valence-corrected chi connectivity index (χ2v) is 12.6. The molecule has 0 heterocycles. The van der Waals surface area contributed by atoms with E-state index in [-0.39, 0.29) is 0 Å². The largest absolute Gasteiger partial charge is 0.507 e. The van der Waals surface area contributed by atoms with Crippen LogP contribution in [0.25, 0.3) is 44.5 Å². The molecule has 0 unspecified atom stereocenters. The van der Waals surface area contributed by atoms with Crippen LogP contribution in [0.1, 0.15) is 25.8 Å². The summed E-state index contributed by atoms with van der Waals surface area (Å²) in [5, 5.41) is 21.7. The van der Waals surface area contributed by atoms with Crippen molar-refractivity contribution in [1.29, 1.82) is 0 Å². The average molecular weight is 659 g/mol. The Kier molecular flexibility index (Phi) is 12.5. The molecule has 244 valence electrons. The minimum Gasteiger partial charge on any atom is -0.507 e. The molecule has 0 saturated heterocycles. The van der Waals surface area contributed by atoms with Gasteiger partial charge < -0.3 is 10.2 Å². The van der Waals surface area contributed by atoms with Crippen LogP contribution in [-0.2, 0) is 0 Å². The van der Waals surface area contributed by atoms with Crippen molar-refractivity contribution in [1.82, 2.24) is 0 Å². The first kappa shape index (κ1) is 34.8. The summed E-state index contributed by atoms with van der Waals surface area (Å²) >= 11 is 1.72. The van der Waals surface area contributed by atoms with E-state index in [1.54, 1.807) is 11.8 Å². The molecule has 2 N–H and O–H groups in total. The van der Waals surface area contributed by atoms with Crippen LogP contribution in [0.15, 0.2) is 186 Å². The molecule has 3 heteroatoms. The number of aromatic hydroxyl groups is 2. The summed E-state index contributed by atoms with van der Waals surface area (Å²) in [6.45, 7) is 6.22. The van der Waals surface area contributed by atoms with E-state index < -0.39 is 0 Å². The fourth-order valence-electron chi connectivity index (χ4n) is 5.61. The van der Waals surface area contributed by atoms with Crippen molar-refractivity contribution in [2.45, 2.75) is 32.1 Å². The van der Waals surface area contributed by atoms with Gasteiger partial charge in [-0.1, -0.05) is 183 Å². The molecule has 0 aliphatic heterocycles. The van der Waals surface area contributed by atoms with Crippen molar-refractivity contribution >= 4 is 11.8 Å². The molecule has 0 aliphatic carbocycles. The predicted molar refractivity (Wildman–Crippen MR) is 211 cm³/mol. The highest BCUT2D eigenvalue weighted by molar-refractivity contribution is 8.03. The van der Waals surface area contributed by atoms with Gasteiger partial charge in [0.1, 0.15) is 11.5 Å². The Morgan fingerprint density at radius 3 is 1.55 bits per heavy atom. The number of rotatable bonds is 9. The van der Waals surface area contributed by atoms with E-state index >= 15 is 0 Å². The van der Waals surface area contributed by atoms with Gasteiger partial charge in [-0.2, -0.15) is 0 Å².